The van der Waals surface area contributed by atoms with Gasteiger partial charge in [0.05, 0.1) is 0 Å². The first-order chi connectivity index (χ1) is 5.27. The molecule has 0 spiro atoms. The normalized spacial score (nSPS) is 28.5. The van der Waals surface area contributed by atoms with Gasteiger partial charge in [-0.1, -0.05) is 6.07 Å². The number of aromatic nitrogens is 1. The van der Waals surface area contributed by atoms with E-state index in [1.807, 2.05) is 18.2 Å². The molecule has 1 aliphatic carbocycles. The van der Waals surface area contributed by atoms with Gasteiger partial charge in [0, 0.05) is 17.7 Å². The van der Waals surface area contributed by atoms with Crippen molar-refractivity contribution >= 4 is 15.9 Å². The van der Waals surface area contributed by atoms with E-state index in [1.165, 1.54) is 0 Å². The third-order valence-electron chi connectivity index (χ3n) is 1.96. The second kappa shape index (κ2) is 2.57. The van der Waals surface area contributed by atoms with E-state index in [1.54, 1.807) is 0 Å². The van der Waals surface area contributed by atoms with E-state index in [-0.39, 0.29) is 0 Å². The first kappa shape index (κ1) is 7.25. The van der Waals surface area contributed by atoms with E-state index in [9.17, 15) is 0 Å². The Labute approximate surface area is 73.9 Å². The van der Waals surface area contributed by atoms with E-state index < -0.39 is 0 Å². The van der Waals surface area contributed by atoms with Crippen LogP contribution in [0.15, 0.2) is 22.8 Å². The molecule has 1 aromatic heterocycles. The molecule has 0 bridgehead atoms. The molecule has 0 amide bonds. The highest BCUT2D eigenvalue weighted by atomic mass is 79.9. The van der Waals surface area contributed by atoms with Crippen molar-refractivity contribution < 1.29 is 0 Å². The Morgan fingerprint density at radius 3 is 2.82 bits per heavy atom. The monoisotopic (exact) mass is 212 g/mol. The second-order valence-electron chi connectivity index (χ2n) is 2.89. The molecule has 2 unspecified atom stereocenters. The van der Waals surface area contributed by atoms with Crippen LogP contribution in [-0.4, -0.2) is 11.0 Å². The van der Waals surface area contributed by atoms with Crippen LogP contribution >= 0.6 is 15.9 Å². The predicted octanol–water partition coefficient (Wildman–Crippen LogP) is 1.66. The summed E-state index contributed by atoms with van der Waals surface area (Å²) >= 11 is 3.33. The molecule has 1 saturated carbocycles. The Balaban J connectivity index is 2.25. The van der Waals surface area contributed by atoms with Crippen molar-refractivity contribution in [3.8, 4) is 0 Å². The van der Waals surface area contributed by atoms with Crippen molar-refractivity contribution in [1.29, 1.82) is 0 Å². The molecule has 3 heteroatoms. The van der Waals surface area contributed by atoms with Gasteiger partial charge in [-0.3, -0.25) is 0 Å². The van der Waals surface area contributed by atoms with Crippen LogP contribution in [0.3, 0.4) is 0 Å². The van der Waals surface area contributed by atoms with Crippen LogP contribution in [0.1, 0.15) is 18.0 Å². The molecular formula is C8H9BrN2. The van der Waals surface area contributed by atoms with Gasteiger partial charge in [0.25, 0.3) is 0 Å². The lowest BCUT2D eigenvalue weighted by atomic mass is 10.2. The number of halogens is 1. The van der Waals surface area contributed by atoms with Crippen LogP contribution in [0.5, 0.6) is 0 Å². The molecule has 0 radical (unpaired) electrons. The average Bonchev–Trinajstić information content (AvgIpc) is 2.67. The zero-order valence-corrected chi connectivity index (χ0v) is 7.58. The zero-order valence-electron chi connectivity index (χ0n) is 6.00. The molecule has 58 valence electrons. The summed E-state index contributed by atoms with van der Waals surface area (Å²) in [4.78, 5) is 4.32. The zero-order chi connectivity index (χ0) is 7.84. The topological polar surface area (TPSA) is 38.9 Å². The summed E-state index contributed by atoms with van der Waals surface area (Å²) < 4.78 is 0.897. The van der Waals surface area contributed by atoms with Crippen LogP contribution < -0.4 is 5.73 Å². The summed E-state index contributed by atoms with van der Waals surface area (Å²) in [5, 5.41) is 0. The summed E-state index contributed by atoms with van der Waals surface area (Å²) in [6.45, 7) is 0. The van der Waals surface area contributed by atoms with E-state index in [4.69, 9.17) is 5.73 Å². The van der Waals surface area contributed by atoms with E-state index in [2.05, 4.69) is 20.9 Å². The van der Waals surface area contributed by atoms with Gasteiger partial charge in [-0.05, 0) is 34.5 Å². The minimum absolute atomic E-state index is 0.344. The van der Waals surface area contributed by atoms with Gasteiger partial charge in [-0.2, -0.15) is 0 Å². The highest BCUT2D eigenvalue weighted by Gasteiger charge is 2.35. The van der Waals surface area contributed by atoms with Gasteiger partial charge >= 0.3 is 0 Å². The average molecular weight is 213 g/mol. The first-order valence-corrected chi connectivity index (χ1v) is 4.45. The number of nitrogens with two attached hydrogens (primary N) is 1. The molecule has 2 atom stereocenters. The lowest BCUT2D eigenvalue weighted by Gasteiger charge is -1.96. The number of rotatable bonds is 1. The van der Waals surface area contributed by atoms with Crippen molar-refractivity contribution in [3.63, 3.8) is 0 Å². The van der Waals surface area contributed by atoms with Gasteiger partial charge in [0.2, 0.25) is 0 Å². The summed E-state index contributed by atoms with van der Waals surface area (Å²) in [5.74, 6) is 0.507. The van der Waals surface area contributed by atoms with Gasteiger partial charge in [0.1, 0.15) is 4.60 Å². The van der Waals surface area contributed by atoms with Crippen molar-refractivity contribution in [2.45, 2.75) is 18.4 Å². The van der Waals surface area contributed by atoms with E-state index in [0.29, 0.717) is 12.0 Å². The molecular weight excluding hydrogens is 204 g/mol. The van der Waals surface area contributed by atoms with Crippen LogP contribution in [0.2, 0.25) is 0 Å². The Hall–Kier alpha value is -0.410. The Morgan fingerprint density at radius 1 is 1.55 bits per heavy atom. The molecule has 2 rings (SSSR count). The summed E-state index contributed by atoms with van der Waals surface area (Å²) in [7, 11) is 0. The largest absolute Gasteiger partial charge is 0.327 e. The maximum Gasteiger partial charge on any atom is 0.106 e. The lowest BCUT2D eigenvalue weighted by Crippen LogP contribution is -2.01. The quantitative estimate of drug-likeness (QED) is 0.720. The highest BCUT2D eigenvalue weighted by molar-refractivity contribution is 9.10. The number of nitrogens with zero attached hydrogens (tertiary/aromatic N) is 1. The fourth-order valence-electron chi connectivity index (χ4n) is 1.19. The maximum absolute atomic E-state index is 5.69. The lowest BCUT2D eigenvalue weighted by molar-refractivity contribution is 0.939. The van der Waals surface area contributed by atoms with Crippen LogP contribution in [0, 0.1) is 0 Å². The molecule has 0 saturated heterocycles. The maximum atomic E-state index is 5.69. The summed E-state index contributed by atoms with van der Waals surface area (Å²) in [6.07, 6.45) is 1.09. The Bertz CT molecular complexity index is 275. The Morgan fingerprint density at radius 2 is 2.27 bits per heavy atom. The van der Waals surface area contributed by atoms with Crippen LogP contribution in [0.4, 0.5) is 0 Å². The third-order valence-corrected chi connectivity index (χ3v) is 2.40. The van der Waals surface area contributed by atoms with Crippen LogP contribution in [0.25, 0.3) is 0 Å². The molecule has 11 heavy (non-hydrogen) atoms. The molecule has 1 fully saturated rings. The number of pyridine rings is 1. The Kier molecular flexibility index (Phi) is 1.69. The smallest absolute Gasteiger partial charge is 0.106 e. The van der Waals surface area contributed by atoms with Crippen molar-refractivity contribution in [2.24, 2.45) is 5.73 Å². The van der Waals surface area contributed by atoms with Gasteiger partial charge in [-0.15, -0.1) is 0 Å². The third kappa shape index (κ3) is 1.44. The molecule has 1 aromatic rings. The van der Waals surface area contributed by atoms with Crippen molar-refractivity contribution in [2.75, 3.05) is 0 Å². The molecule has 2 nitrogen and oxygen atoms in total. The van der Waals surface area contributed by atoms with Gasteiger partial charge in [-0.25, -0.2) is 4.98 Å². The second-order valence-corrected chi connectivity index (χ2v) is 3.70. The molecule has 1 aliphatic rings. The molecule has 2 N–H and O–H groups in total. The minimum atomic E-state index is 0.344. The fraction of sp³-hybridized carbons (Fsp3) is 0.375. The minimum Gasteiger partial charge on any atom is -0.327 e. The van der Waals surface area contributed by atoms with Crippen molar-refractivity contribution in [1.82, 2.24) is 4.98 Å². The first-order valence-electron chi connectivity index (χ1n) is 3.65. The molecule has 0 aliphatic heterocycles. The molecule has 1 heterocycles. The number of hydrogen-bond acceptors (Lipinski definition) is 2. The summed E-state index contributed by atoms with van der Waals surface area (Å²) in [5.41, 5.74) is 6.81. The van der Waals surface area contributed by atoms with Crippen LogP contribution in [-0.2, 0) is 0 Å². The fourth-order valence-corrected chi connectivity index (χ4v) is 1.54. The van der Waals surface area contributed by atoms with Gasteiger partial charge < -0.3 is 5.73 Å². The van der Waals surface area contributed by atoms with E-state index in [0.717, 1.165) is 16.7 Å². The van der Waals surface area contributed by atoms with Gasteiger partial charge in [0.15, 0.2) is 0 Å². The standard InChI is InChI=1S/C8H9BrN2/c9-8-3-1-2-7(11-8)5-4-6(5)10/h1-3,5-6H,4,10H2. The predicted molar refractivity (Wildman–Crippen MR) is 47.3 cm³/mol. The summed E-state index contributed by atoms with van der Waals surface area (Å²) in [6, 6.07) is 6.30. The SMILES string of the molecule is NC1CC1c1cccc(Br)n1. The van der Waals surface area contributed by atoms with E-state index >= 15 is 0 Å². The highest BCUT2D eigenvalue weighted by Crippen LogP contribution is 2.37. The van der Waals surface area contributed by atoms with Crippen molar-refractivity contribution in [3.05, 3.63) is 28.5 Å². The number of hydrogen-bond donors (Lipinski definition) is 1. The molecule has 0 aromatic carbocycles.